The van der Waals surface area contributed by atoms with E-state index >= 15 is 0 Å². The van der Waals surface area contributed by atoms with Gasteiger partial charge in [0, 0.05) is 18.1 Å². The number of benzene rings is 5. The molecule has 0 saturated heterocycles. The van der Waals surface area contributed by atoms with Crippen LogP contribution < -0.4 is 5.32 Å². The number of nitrogens with one attached hydrogen (secondary N) is 1. The number of hydrogen-bond acceptors (Lipinski definition) is 1. The van der Waals surface area contributed by atoms with Gasteiger partial charge < -0.3 is 5.32 Å². The van der Waals surface area contributed by atoms with E-state index in [9.17, 15) is 0 Å². The van der Waals surface area contributed by atoms with E-state index in [1.165, 1.54) is 48.8 Å². The standard InChI is InChI=1S/C21H15N/c1-22-19-12-11-17-15-8-3-6-13-5-2-7-14(20(13)15)16-9-4-10-18(19)21(16)17/h2-12,22H,1H3. The van der Waals surface area contributed by atoms with Gasteiger partial charge in [-0.2, -0.15) is 0 Å². The van der Waals surface area contributed by atoms with E-state index in [1.54, 1.807) is 0 Å². The molecule has 0 aliphatic carbocycles. The third-order valence-corrected chi connectivity index (χ3v) is 4.80. The second kappa shape index (κ2) is 4.11. The van der Waals surface area contributed by atoms with Crippen molar-refractivity contribution >= 4 is 48.8 Å². The van der Waals surface area contributed by atoms with Crippen molar-refractivity contribution in [3.8, 4) is 0 Å². The predicted molar refractivity (Wildman–Crippen MR) is 97.2 cm³/mol. The van der Waals surface area contributed by atoms with Crippen LogP contribution in [0.5, 0.6) is 0 Å². The second-order valence-electron chi connectivity index (χ2n) is 5.85. The topological polar surface area (TPSA) is 12.0 Å². The van der Waals surface area contributed by atoms with Crippen LogP contribution in [0.4, 0.5) is 5.69 Å². The number of anilines is 1. The lowest BCUT2D eigenvalue weighted by molar-refractivity contribution is 1.56. The fourth-order valence-corrected chi connectivity index (χ4v) is 3.86. The van der Waals surface area contributed by atoms with Crippen LogP contribution in [-0.4, -0.2) is 7.05 Å². The zero-order chi connectivity index (χ0) is 14.7. The van der Waals surface area contributed by atoms with Gasteiger partial charge in [0.25, 0.3) is 0 Å². The van der Waals surface area contributed by atoms with Gasteiger partial charge in [0.15, 0.2) is 0 Å². The molecule has 0 amide bonds. The maximum Gasteiger partial charge on any atom is 0.0417 e. The van der Waals surface area contributed by atoms with E-state index in [-0.39, 0.29) is 0 Å². The summed E-state index contributed by atoms with van der Waals surface area (Å²) in [6.45, 7) is 0. The Morgan fingerprint density at radius 1 is 0.545 bits per heavy atom. The Morgan fingerprint density at radius 2 is 1.09 bits per heavy atom. The van der Waals surface area contributed by atoms with Crippen molar-refractivity contribution in [2.45, 2.75) is 0 Å². The molecule has 0 radical (unpaired) electrons. The number of rotatable bonds is 1. The average molecular weight is 281 g/mol. The summed E-state index contributed by atoms with van der Waals surface area (Å²) in [5, 5.41) is 14.0. The normalized spacial score (nSPS) is 11.9. The van der Waals surface area contributed by atoms with Crippen molar-refractivity contribution in [2.75, 3.05) is 12.4 Å². The van der Waals surface area contributed by atoms with Gasteiger partial charge >= 0.3 is 0 Å². The monoisotopic (exact) mass is 281 g/mol. The van der Waals surface area contributed by atoms with E-state index in [0.29, 0.717) is 0 Å². The quantitative estimate of drug-likeness (QED) is 0.303. The maximum absolute atomic E-state index is 3.32. The Hall–Kier alpha value is -2.80. The SMILES string of the molecule is CNc1ccc2c3cccc4cccc(c5cccc1c52)c43. The third kappa shape index (κ3) is 1.33. The summed E-state index contributed by atoms with van der Waals surface area (Å²) in [6, 6.07) is 24.3. The molecule has 0 spiro atoms. The van der Waals surface area contributed by atoms with Crippen LogP contribution in [0.1, 0.15) is 0 Å². The molecule has 0 fully saturated rings. The fraction of sp³-hybridized carbons (Fsp3) is 0.0476. The Balaban J connectivity index is 2.23. The molecule has 0 unspecified atom stereocenters. The van der Waals surface area contributed by atoms with E-state index in [2.05, 4.69) is 72.0 Å². The molecule has 0 bridgehead atoms. The summed E-state index contributed by atoms with van der Waals surface area (Å²) >= 11 is 0. The maximum atomic E-state index is 3.32. The Morgan fingerprint density at radius 3 is 1.77 bits per heavy atom. The fourth-order valence-electron chi connectivity index (χ4n) is 3.86. The minimum absolute atomic E-state index is 1.19. The molecule has 0 atom stereocenters. The first-order valence-electron chi connectivity index (χ1n) is 7.64. The van der Waals surface area contributed by atoms with Crippen molar-refractivity contribution in [1.82, 2.24) is 0 Å². The number of hydrogen-bond donors (Lipinski definition) is 1. The van der Waals surface area contributed by atoms with Gasteiger partial charge in [-0.05, 0) is 43.8 Å². The lowest BCUT2D eigenvalue weighted by Gasteiger charge is -2.16. The highest BCUT2D eigenvalue weighted by molar-refractivity contribution is 6.33. The lowest BCUT2D eigenvalue weighted by atomic mass is 9.89. The highest BCUT2D eigenvalue weighted by atomic mass is 14.8. The summed E-state index contributed by atoms with van der Waals surface area (Å²) in [4.78, 5) is 0. The smallest absolute Gasteiger partial charge is 0.0417 e. The molecule has 0 heterocycles. The molecule has 5 rings (SSSR count). The molecule has 5 aromatic rings. The average Bonchev–Trinajstić information content (AvgIpc) is 2.59. The van der Waals surface area contributed by atoms with Gasteiger partial charge in [-0.15, -0.1) is 0 Å². The molecule has 5 aromatic carbocycles. The second-order valence-corrected chi connectivity index (χ2v) is 5.85. The van der Waals surface area contributed by atoms with E-state index < -0.39 is 0 Å². The molecule has 1 nitrogen and oxygen atoms in total. The predicted octanol–water partition coefficient (Wildman–Crippen LogP) is 5.78. The zero-order valence-electron chi connectivity index (χ0n) is 12.4. The van der Waals surface area contributed by atoms with Crippen LogP contribution in [0.2, 0.25) is 0 Å². The van der Waals surface area contributed by atoms with Crippen LogP contribution in [0.3, 0.4) is 0 Å². The van der Waals surface area contributed by atoms with Gasteiger partial charge in [0.05, 0.1) is 0 Å². The highest BCUT2D eigenvalue weighted by Crippen LogP contribution is 2.41. The summed E-state index contributed by atoms with van der Waals surface area (Å²) in [5.41, 5.74) is 1.19. The lowest BCUT2D eigenvalue weighted by Crippen LogP contribution is -1.92. The molecule has 0 saturated carbocycles. The van der Waals surface area contributed by atoms with Crippen molar-refractivity contribution in [1.29, 1.82) is 0 Å². The van der Waals surface area contributed by atoms with Crippen LogP contribution >= 0.6 is 0 Å². The molecule has 22 heavy (non-hydrogen) atoms. The zero-order valence-corrected chi connectivity index (χ0v) is 12.4. The summed E-state index contributed by atoms with van der Waals surface area (Å²) in [7, 11) is 1.99. The van der Waals surface area contributed by atoms with Crippen LogP contribution in [0.15, 0.2) is 66.7 Å². The van der Waals surface area contributed by atoms with E-state index in [1.807, 2.05) is 7.05 Å². The largest absolute Gasteiger partial charge is 0.388 e. The molecule has 1 N–H and O–H groups in total. The van der Waals surface area contributed by atoms with Gasteiger partial charge in [0.2, 0.25) is 0 Å². The summed E-state index contributed by atoms with van der Waals surface area (Å²) < 4.78 is 0. The van der Waals surface area contributed by atoms with Crippen molar-refractivity contribution < 1.29 is 0 Å². The van der Waals surface area contributed by atoms with Crippen LogP contribution in [0.25, 0.3) is 43.1 Å². The molecule has 104 valence electrons. The van der Waals surface area contributed by atoms with Gasteiger partial charge in [-0.3, -0.25) is 0 Å². The van der Waals surface area contributed by atoms with E-state index in [0.717, 1.165) is 0 Å². The van der Waals surface area contributed by atoms with Gasteiger partial charge in [0.1, 0.15) is 0 Å². The summed E-state index contributed by atoms with van der Waals surface area (Å²) in [6.07, 6.45) is 0. The third-order valence-electron chi connectivity index (χ3n) is 4.80. The summed E-state index contributed by atoms with van der Waals surface area (Å²) in [5.74, 6) is 0. The van der Waals surface area contributed by atoms with Crippen molar-refractivity contribution in [2.24, 2.45) is 0 Å². The molecule has 0 aliphatic heterocycles. The van der Waals surface area contributed by atoms with E-state index in [4.69, 9.17) is 0 Å². The molecular formula is C21H15N. The minimum atomic E-state index is 1.19. The Bertz CT molecular complexity index is 1100. The van der Waals surface area contributed by atoms with Gasteiger partial charge in [-0.1, -0.05) is 60.7 Å². The molecular weight excluding hydrogens is 266 g/mol. The molecule has 0 aromatic heterocycles. The highest BCUT2D eigenvalue weighted by Gasteiger charge is 2.13. The van der Waals surface area contributed by atoms with Gasteiger partial charge in [-0.25, -0.2) is 0 Å². The first-order chi connectivity index (χ1) is 10.9. The minimum Gasteiger partial charge on any atom is -0.388 e. The number of fused-ring (bicyclic) bond motifs is 2. The first kappa shape index (κ1) is 11.8. The van der Waals surface area contributed by atoms with Crippen LogP contribution in [-0.2, 0) is 0 Å². The molecule has 1 heteroatoms. The van der Waals surface area contributed by atoms with Crippen LogP contribution in [0, 0.1) is 0 Å². The Labute approximate surface area is 128 Å². The van der Waals surface area contributed by atoms with Crippen molar-refractivity contribution in [3.05, 3.63) is 66.7 Å². The first-order valence-corrected chi connectivity index (χ1v) is 7.64. The Kier molecular flexibility index (Phi) is 2.21. The van der Waals surface area contributed by atoms with Crippen molar-refractivity contribution in [3.63, 3.8) is 0 Å². The molecule has 0 aliphatic rings.